The molecule has 0 radical (unpaired) electrons. The number of pyridine rings is 1. The number of anilines is 1. The smallest absolute Gasteiger partial charge is 0.259 e. The summed E-state index contributed by atoms with van der Waals surface area (Å²) in [6.45, 7) is 5.91. The zero-order chi connectivity index (χ0) is 19.0. The molecule has 1 aromatic carbocycles. The number of hydrogen-bond donors (Lipinski definition) is 1. The van der Waals surface area contributed by atoms with Crippen molar-refractivity contribution in [2.24, 2.45) is 0 Å². The molecule has 3 aromatic rings. The highest BCUT2D eigenvalue weighted by molar-refractivity contribution is 8.19. The fourth-order valence-electron chi connectivity index (χ4n) is 3.10. The van der Waals surface area contributed by atoms with Crippen molar-refractivity contribution >= 4 is 46.2 Å². The van der Waals surface area contributed by atoms with Gasteiger partial charge in [0.25, 0.3) is 11.6 Å². The number of thioether (sulfide) groups is 2. The molecule has 1 N–H and O–H groups in total. The van der Waals surface area contributed by atoms with Crippen molar-refractivity contribution < 1.29 is 9.32 Å². The standard InChI is InChI=1S/C20H21N3O2S2/c1-11(2)16-10-15(17-12(3)23-25-19(17)22-16)18(24)21-14-6-4-5-13(9-14)20-26-7-8-27-20/h4-6,9-11,20H,7-8H2,1-3H3,(H,21,24). The molecule has 4 rings (SSSR count). The maximum Gasteiger partial charge on any atom is 0.259 e. The average Bonchev–Trinajstić information content (AvgIpc) is 3.31. The molecule has 0 aliphatic carbocycles. The molecule has 0 saturated carbocycles. The zero-order valence-corrected chi connectivity index (χ0v) is 17.1. The van der Waals surface area contributed by atoms with Crippen LogP contribution in [-0.2, 0) is 0 Å². The summed E-state index contributed by atoms with van der Waals surface area (Å²) in [4.78, 5) is 17.6. The van der Waals surface area contributed by atoms with Crippen molar-refractivity contribution in [3.63, 3.8) is 0 Å². The zero-order valence-electron chi connectivity index (χ0n) is 15.5. The molecule has 3 heterocycles. The molecular formula is C20H21N3O2S2. The van der Waals surface area contributed by atoms with Gasteiger partial charge in [0.05, 0.1) is 21.2 Å². The molecule has 2 aromatic heterocycles. The SMILES string of the molecule is Cc1noc2nc(C(C)C)cc(C(=O)Nc3cccc(C4SCCS4)c3)c12. The summed E-state index contributed by atoms with van der Waals surface area (Å²) in [5.74, 6) is 2.36. The first kappa shape index (κ1) is 18.4. The lowest BCUT2D eigenvalue weighted by Gasteiger charge is -2.12. The Morgan fingerprint density at radius 2 is 2.04 bits per heavy atom. The van der Waals surface area contributed by atoms with Crippen molar-refractivity contribution in [1.29, 1.82) is 0 Å². The monoisotopic (exact) mass is 399 g/mol. The van der Waals surface area contributed by atoms with Gasteiger partial charge in [-0.2, -0.15) is 0 Å². The van der Waals surface area contributed by atoms with Gasteiger partial charge < -0.3 is 9.84 Å². The molecule has 7 heteroatoms. The van der Waals surface area contributed by atoms with Gasteiger partial charge in [0.2, 0.25) is 0 Å². The number of amides is 1. The lowest BCUT2D eigenvalue weighted by atomic mass is 10.0. The van der Waals surface area contributed by atoms with Crippen LogP contribution in [0.3, 0.4) is 0 Å². The van der Waals surface area contributed by atoms with Crippen LogP contribution in [-0.4, -0.2) is 27.6 Å². The Hall–Kier alpha value is -1.99. The molecule has 1 aliphatic heterocycles. The van der Waals surface area contributed by atoms with E-state index in [1.807, 2.05) is 62.5 Å². The first-order chi connectivity index (χ1) is 13.0. The molecule has 1 fully saturated rings. The predicted octanol–water partition coefficient (Wildman–Crippen LogP) is 5.39. The fourth-order valence-corrected chi connectivity index (χ4v) is 5.94. The van der Waals surface area contributed by atoms with Gasteiger partial charge in [-0.15, -0.1) is 23.5 Å². The fraction of sp³-hybridized carbons (Fsp3) is 0.350. The first-order valence-electron chi connectivity index (χ1n) is 8.94. The second-order valence-electron chi connectivity index (χ2n) is 6.85. The van der Waals surface area contributed by atoms with Crippen molar-refractivity contribution in [2.45, 2.75) is 31.3 Å². The van der Waals surface area contributed by atoms with E-state index in [0.717, 1.165) is 11.4 Å². The minimum atomic E-state index is -0.167. The van der Waals surface area contributed by atoms with Crippen LogP contribution in [0.15, 0.2) is 34.9 Å². The van der Waals surface area contributed by atoms with Crippen LogP contribution in [0.25, 0.3) is 11.1 Å². The summed E-state index contributed by atoms with van der Waals surface area (Å²) in [5.41, 5.74) is 4.50. The number of benzene rings is 1. The Morgan fingerprint density at radius 3 is 2.78 bits per heavy atom. The highest BCUT2D eigenvalue weighted by atomic mass is 32.2. The summed E-state index contributed by atoms with van der Waals surface area (Å²) < 4.78 is 5.77. The van der Waals surface area contributed by atoms with Crippen LogP contribution in [0.2, 0.25) is 0 Å². The van der Waals surface area contributed by atoms with E-state index in [4.69, 9.17) is 4.52 Å². The number of nitrogens with zero attached hydrogens (tertiary/aromatic N) is 2. The number of aryl methyl sites for hydroxylation is 1. The number of fused-ring (bicyclic) bond motifs is 1. The van der Waals surface area contributed by atoms with E-state index in [9.17, 15) is 4.79 Å². The van der Waals surface area contributed by atoms with E-state index < -0.39 is 0 Å². The Kier molecular flexibility index (Phi) is 5.14. The van der Waals surface area contributed by atoms with Gasteiger partial charge in [0.15, 0.2) is 0 Å². The predicted molar refractivity (Wildman–Crippen MR) is 113 cm³/mol. The summed E-state index contributed by atoms with van der Waals surface area (Å²) in [7, 11) is 0. The highest BCUT2D eigenvalue weighted by Gasteiger charge is 2.21. The Balaban J connectivity index is 1.67. The van der Waals surface area contributed by atoms with Gasteiger partial charge in [-0.05, 0) is 36.6 Å². The number of carbonyl (C=O) groups is 1. The number of hydrogen-bond acceptors (Lipinski definition) is 6. The van der Waals surface area contributed by atoms with Crippen molar-refractivity contribution in [3.8, 4) is 0 Å². The first-order valence-corrected chi connectivity index (χ1v) is 11.0. The van der Waals surface area contributed by atoms with Crippen LogP contribution in [0, 0.1) is 6.92 Å². The van der Waals surface area contributed by atoms with Crippen LogP contribution in [0.5, 0.6) is 0 Å². The van der Waals surface area contributed by atoms with Crippen LogP contribution in [0.1, 0.15) is 51.7 Å². The summed E-state index contributed by atoms with van der Waals surface area (Å²) in [6.07, 6.45) is 0. The quantitative estimate of drug-likeness (QED) is 0.635. The number of nitrogens with one attached hydrogen (secondary N) is 1. The van der Waals surface area contributed by atoms with Gasteiger partial charge in [0.1, 0.15) is 0 Å². The highest BCUT2D eigenvalue weighted by Crippen LogP contribution is 2.45. The molecule has 1 saturated heterocycles. The largest absolute Gasteiger partial charge is 0.336 e. The minimum absolute atomic E-state index is 0.167. The second kappa shape index (κ2) is 7.56. The summed E-state index contributed by atoms with van der Waals surface area (Å²) >= 11 is 3.90. The number of aromatic nitrogens is 2. The second-order valence-corrected chi connectivity index (χ2v) is 9.57. The number of rotatable bonds is 4. The third kappa shape index (κ3) is 3.71. The van der Waals surface area contributed by atoms with E-state index in [1.165, 1.54) is 17.1 Å². The molecule has 1 amide bonds. The van der Waals surface area contributed by atoms with E-state index in [2.05, 4.69) is 27.6 Å². The third-order valence-electron chi connectivity index (χ3n) is 4.51. The van der Waals surface area contributed by atoms with Crippen molar-refractivity contribution in [2.75, 3.05) is 16.8 Å². The van der Waals surface area contributed by atoms with Gasteiger partial charge in [-0.3, -0.25) is 4.79 Å². The van der Waals surface area contributed by atoms with Gasteiger partial charge >= 0.3 is 0 Å². The van der Waals surface area contributed by atoms with Crippen LogP contribution in [0.4, 0.5) is 5.69 Å². The average molecular weight is 400 g/mol. The summed E-state index contributed by atoms with van der Waals surface area (Å²) in [5, 5.41) is 7.71. The van der Waals surface area contributed by atoms with Crippen LogP contribution >= 0.6 is 23.5 Å². The number of carbonyl (C=O) groups excluding carboxylic acids is 1. The molecule has 0 bridgehead atoms. The molecule has 0 atom stereocenters. The Labute approximate surface area is 166 Å². The third-order valence-corrected chi connectivity index (χ3v) is 7.62. The Bertz CT molecular complexity index is 994. The van der Waals surface area contributed by atoms with E-state index >= 15 is 0 Å². The molecule has 0 spiro atoms. The van der Waals surface area contributed by atoms with Gasteiger partial charge in [-0.1, -0.05) is 31.1 Å². The lowest BCUT2D eigenvalue weighted by Crippen LogP contribution is -2.14. The van der Waals surface area contributed by atoms with Gasteiger partial charge in [0, 0.05) is 22.9 Å². The molecule has 5 nitrogen and oxygen atoms in total. The topological polar surface area (TPSA) is 68.0 Å². The van der Waals surface area contributed by atoms with Crippen molar-refractivity contribution in [3.05, 3.63) is 52.8 Å². The lowest BCUT2D eigenvalue weighted by molar-refractivity contribution is 0.102. The van der Waals surface area contributed by atoms with Gasteiger partial charge in [-0.25, -0.2) is 4.98 Å². The molecule has 140 valence electrons. The van der Waals surface area contributed by atoms with E-state index in [1.54, 1.807) is 0 Å². The normalized spacial score (nSPS) is 15.0. The maximum absolute atomic E-state index is 13.1. The molecule has 27 heavy (non-hydrogen) atoms. The Morgan fingerprint density at radius 1 is 1.26 bits per heavy atom. The van der Waals surface area contributed by atoms with E-state index in [0.29, 0.717) is 26.9 Å². The summed E-state index contributed by atoms with van der Waals surface area (Å²) in [6, 6.07) is 9.96. The molecular weight excluding hydrogens is 378 g/mol. The van der Waals surface area contributed by atoms with E-state index in [-0.39, 0.29) is 11.8 Å². The minimum Gasteiger partial charge on any atom is -0.336 e. The van der Waals surface area contributed by atoms with Crippen LogP contribution < -0.4 is 5.32 Å². The molecule has 0 unspecified atom stereocenters. The van der Waals surface area contributed by atoms with Crippen molar-refractivity contribution in [1.82, 2.24) is 10.1 Å². The molecule has 1 aliphatic rings. The maximum atomic E-state index is 13.1.